The molecule has 26 heavy (non-hydrogen) atoms. The number of furan rings is 1. The minimum Gasteiger partial charge on any atom is -0.467 e. The number of piperidine rings is 1. The molecule has 1 aromatic heterocycles. The molecule has 144 valence electrons. The van der Waals surface area contributed by atoms with Crippen molar-refractivity contribution in [2.24, 2.45) is 0 Å². The number of ether oxygens (including phenoxy) is 1. The summed E-state index contributed by atoms with van der Waals surface area (Å²) in [4.78, 5) is 27.8. The van der Waals surface area contributed by atoms with E-state index in [1.54, 1.807) is 12.1 Å². The van der Waals surface area contributed by atoms with Gasteiger partial charge in [0.25, 0.3) is 11.8 Å². The minimum absolute atomic E-state index is 0.0370. The van der Waals surface area contributed by atoms with Crippen LogP contribution in [0.1, 0.15) is 18.6 Å². The molecule has 1 N–H and O–H groups in total. The third-order valence-corrected chi connectivity index (χ3v) is 4.64. The largest absolute Gasteiger partial charge is 0.467 e. The molecule has 3 rings (SSSR count). The molecule has 2 saturated heterocycles. The van der Waals surface area contributed by atoms with Crippen LogP contribution in [0.3, 0.4) is 0 Å². The van der Waals surface area contributed by atoms with Crippen LogP contribution < -0.4 is 5.32 Å². The molecule has 0 aliphatic carbocycles. The zero-order valence-corrected chi connectivity index (χ0v) is 14.5. The van der Waals surface area contributed by atoms with E-state index in [4.69, 9.17) is 9.15 Å². The van der Waals surface area contributed by atoms with Crippen molar-refractivity contribution in [2.75, 3.05) is 39.3 Å². The van der Waals surface area contributed by atoms with E-state index < -0.39 is 12.0 Å². The lowest BCUT2D eigenvalue weighted by molar-refractivity contribution is -0.155. The quantitative estimate of drug-likeness (QED) is 0.831. The van der Waals surface area contributed by atoms with Crippen molar-refractivity contribution >= 4 is 11.8 Å². The second-order valence-electron chi connectivity index (χ2n) is 6.63. The topological polar surface area (TPSA) is 75.0 Å². The maximum absolute atomic E-state index is 13.2. The molecule has 0 bridgehead atoms. The minimum atomic E-state index is -2.69. The van der Waals surface area contributed by atoms with Crippen LogP contribution in [0.2, 0.25) is 0 Å². The van der Waals surface area contributed by atoms with Gasteiger partial charge in [-0.05, 0) is 12.1 Å². The van der Waals surface area contributed by atoms with Crippen LogP contribution in [-0.4, -0.2) is 73.0 Å². The Kier molecular flexibility index (Phi) is 5.87. The van der Waals surface area contributed by atoms with Crippen LogP contribution in [-0.2, 0) is 20.9 Å². The number of nitrogens with one attached hydrogen (secondary N) is 1. The summed E-state index contributed by atoms with van der Waals surface area (Å²) >= 11 is 0. The van der Waals surface area contributed by atoms with Gasteiger partial charge in [0.15, 0.2) is 0 Å². The zero-order valence-electron chi connectivity index (χ0n) is 14.5. The van der Waals surface area contributed by atoms with Gasteiger partial charge < -0.3 is 19.4 Å². The first-order chi connectivity index (χ1) is 12.4. The van der Waals surface area contributed by atoms with Crippen LogP contribution in [0.25, 0.3) is 0 Å². The van der Waals surface area contributed by atoms with Crippen LogP contribution in [0, 0.1) is 0 Å². The molecule has 9 heteroatoms. The van der Waals surface area contributed by atoms with Gasteiger partial charge in [-0.3, -0.25) is 14.5 Å². The molecule has 7 nitrogen and oxygen atoms in total. The summed E-state index contributed by atoms with van der Waals surface area (Å²) < 4.78 is 37.1. The lowest BCUT2D eigenvalue weighted by Gasteiger charge is -2.37. The van der Waals surface area contributed by atoms with Crippen molar-refractivity contribution in [3.05, 3.63) is 24.2 Å². The average Bonchev–Trinajstić information content (AvgIpc) is 3.13. The van der Waals surface area contributed by atoms with Crippen molar-refractivity contribution in [3.63, 3.8) is 0 Å². The van der Waals surface area contributed by atoms with Gasteiger partial charge in [0.1, 0.15) is 11.9 Å². The van der Waals surface area contributed by atoms with Gasteiger partial charge in [0.05, 0.1) is 26.0 Å². The number of carbonyl (C=O) groups is 2. The first kappa shape index (κ1) is 18.8. The second-order valence-corrected chi connectivity index (χ2v) is 6.63. The van der Waals surface area contributed by atoms with Gasteiger partial charge in [-0.1, -0.05) is 0 Å². The number of morpholine rings is 1. The summed E-state index contributed by atoms with van der Waals surface area (Å²) in [5.74, 6) is -2.48. The highest BCUT2D eigenvalue weighted by Crippen LogP contribution is 2.28. The molecule has 2 aliphatic rings. The molecular formula is C17H23F2N3O4. The van der Waals surface area contributed by atoms with Crippen molar-refractivity contribution < 1.29 is 27.5 Å². The molecule has 0 aromatic carbocycles. The Morgan fingerprint density at radius 1 is 1.27 bits per heavy atom. The fourth-order valence-corrected chi connectivity index (χ4v) is 3.11. The normalized spacial score (nSPS) is 23.6. The molecular weight excluding hydrogens is 348 g/mol. The van der Waals surface area contributed by atoms with Crippen LogP contribution in [0.15, 0.2) is 22.8 Å². The van der Waals surface area contributed by atoms with Crippen LogP contribution in [0.4, 0.5) is 8.78 Å². The van der Waals surface area contributed by atoms with Crippen molar-refractivity contribution in [1.82, 2.24) is 15.1 Å². The van der Waals surface area contributed by atoms with E-state index in [9.17, 15) is 18.4 Å². The van der Waals surface area contributed by atoms with Crippen molar-refractivity contribution in [3.8, 4) is 0 Å². The smallest absolute Gasteiger partial charge is 0.253 e. The fraction of sp³-hybridized carbons (Fsp3) is 0.647. The van der Waals surface area contributed by atoms with E-state index in [1.807, 2.05) is 4.90 Å². The van der Waals surface area contributed by atoms with Crippen molar-refractivity contribution in [1.29, 1.82) is 0 Å². The zero-order chi connectivity index (χ0) is 18.6. The predicted octanol–water partition coefficient (Wildman–Crippen LogP) is 0.854. The van der Waals surface area contributed by atoms with Crippen molar-refractivity contribution in [2.45, 2.75) is 31.4 Å². The van der Waals surface area contributed by atoms with Gasteiger partial charge in [0.2, 0.25) is 5.91 Å². The summed E-state index contributed by atoms with van der Waals surface area (Å²) in [6.07, 6.45) is 0.193. The Morgan fingerprint density at radius 3 is 2.73 bits per heavy atom. The lowest BCUT2D eigenvalue weighted by Crippen LogP contribution is -2.54. The number of hydrogen-bond donors (Lipinski definition) is 1. The monoisotopic (exact) mass is 371 g/mol. The summed E-state index contributed by atoms with van der Waals surface area (Å²) in [5.41, 5.74) is 0. The standard InChI is InChI=1S/C17H23F2N3O4/c18-17(19)3-5-22(6-4-17)16(24)14-11-21(7-9-26-14)12-15(23)20-10-13-2-1-8-25-13/h1-2,8,14H,3-7,9-12H2,(H,20,23). The Bertz CT molecular complexity index is 614. The van der Waals surface area contributed by atoms with Gasteiger partial charge in [-0.2, -0.15) is 0 Å². The highest BCUT2D eigenvalue weighted by molar-refractivity contribution is 5.82. The number of alkyl halides is 2. The third kappa shape index (κ3) is 5.01. The highest BCUT2D eigenvalue weighted by atomic mass is 19.3. The van der Waals surface area contributed by atoms with Gasteiger partial charge in [-0.25, -0.2) is 8.78 Å². The molecule has 1 aromatic rings. The highest BCUT2D eigenvalue weighted by Gasteiger charge is 2.38. The van der Waals surface area contributed by atoms with E-state index in [2.05, 4.69) is 5.32 Å². The number of nitrogens with zero attached hydrogens (tertiary/aromatic N) is 2. The molecule has 2 fully saturated rings. The maximum Gasteiger partial charge on any atom is 0.253 e. The van der Waals surface area contributed by atoms with Crippen LogP contribution in [0.5, 0.6) is 0 Å². The molecule has 1 unspecified atom stereocenters. The molecule has 0 radical (unpaired) electrons. The molecule has 1 atom stereocenters. The van der Waals surface area contributed by atoms with E-state index in [0.29, 0.717) is 25.5 Å². The number of carbonyl (C=O) groups excluding carboxylic acids is 2. The number of halogens is 2. The molecule has 3 heterocycles. The summed E-state index contributed by atoms with van der Waals surface area (Å²) in [6.45, 7) is 1.67. The van der Waals surface area contributed by atoms with Gasteiger partial charge in [0, 0.05) is 39.0 Å². The van der Waals surface area contributed by atoms with Crippen LogP contribution >= 0.6 is 0 Å². The molecule has 0 saturated carbocycles. The molecule has 0 spiro atoms. The van der Waals surface area contributed by atoms with Gasteiger partial charge in [-0.15, -0.1) is 0 Å². The number of likely N-dealkylation sites (tertiary alicyclic amines) is 1. The summed E-state index contributed by atoms with van der Waals surface area (Å²) in [6, 6.07) is 3.52. The molecule has 2 aliphatic heterocycles. The summed E-state index contributed by atoms with van der Waals surface area (Å²) in [7, 11) is 0. The first-order valence-electron chi connectivity index (χ1n) is 8.73. The van der Waals surface area contributed by atoms with E-state index >= 15 is 0 Å². The van der Waals surface area contributed by atoms with Gasteiger partial charge >= 0.3 is 0 Å². The van der Waals surface area contributed by atoms with E-state index in [-0.39, 0.29) is 50.8 Å². The Labute approximate surface area is 150 Å². The predicted molar refractivity (Wildman–Crippen MR) is 87.5 cm³/mol. The third-order valence-electron chi connectivity index (χ3n) is 4.64. The Balaban J connectivity index is 1.44. The number of rotatable bonds is 5. The fourth-order valence-electron chi connectivity index (χ4n) is 3.11. The Morgan fingerprint density at radius 2 is 2.04 bits per heavy atom. The first-order valence-corrected chi connectivity index (χ1v) is 8.73. The number of hydrogen-bond acceptors (Lipinski definition) is 5. The van der Waals surface area contributed by atoms with E-state index in [1.165, 1.54) is 11.2 Å². The SMILES string of the molecule is O=C(CN1CCOC(C(=O)N2CCC(F)(F)CC2)C1)NCc1ccco1. The summed E-state index contributed by atoms with van der Waals surface area (Å²) in [5, 5.41) is 2.75. The van der Waals surface area contributed by atoms with E-state index in [0.717, 1.165) is 0 Å². The lowest BCUT2D eigenvalue weighted by atomic mass is 10.1. The maximum atomic E-state index is 13.2. The number of amides is 2. The second kappa shape index (κ2) is 8.13. The Hall–Kier alpha value is -2.00. The average molecular weight is 371 g/mol. The molecule has 2 amide bonds.